The maximum Gasteiger partial charge on any atom is 0.350 e. The summed E-state index contributed by atoms with van der Waals surface area (Å²) in [5.41, 5.74) is 2.45. The molecule has 7 rings (SSSR count). The number of hydrogen-bond acceptors (Lipinski definition) is 10. The number of para-hydroxylation sites is 2. The first-order valence-corrected chi connectivity index (χ1v) is 16.5. The van der Waals surface area contributed by atoms with Gasteiger partial charge in [-0.3, -0.25) is 0 Å². The van der Waals surface area contributed by atoms with Gasteiger partial charge in [0.15, 0.2) is 0 Å². The average molecular weight is 689 g/mol. The maximum atomic E-state index is 15.0. The topological polar surface area (TPSA) is 125 Å². The van der Waals surface area contributed by atoms with Gasteiger partial charge in [-0.05, 0) is 62.4 Å². The quantitative estimate of drug-likeness (QED) is 0.221. The number of ether oxygens (including phenoxy) is 3. The van der Waals surface area contributed by atoms with Crippen LogP contribution in [0.3, 0.4) is 0 Å². The van der Waals surface area contributed by atoms with Gasteiger partial charge in [-0.15, -0.1) is 0 Å². The third kappa shape index (κ3) is 6.71. The van der Waals surface area contributed by atoms with Gasteiger partial charge < -0.3 is 29.1 Å². The van der Waals surface area contributed by atoms with Crippen LogP contribution >= 0.6 is 0 Å². The largest absolute Gasteiger partial charge is 0.489 e. The number of nitrogens with zero attached hydrogens (tertiary/aromatic N) is 8. The fraction of sp³-hybridized carbons (Fsp3) is 0.371. The number of rotatable bonds is 11. The number of aliphatic hydroxyl groups excluding tert-OH is 1. The lowest BCUT2D eigenvalue weighted by Gasteiger charge is -2.38. The number of aromatic nitrogens is 6. The average Bonchev–Trinajstić information content (AvgIpc) is 3.88. The molecule has 4 heterocycles. The van der Waals surface area contributed by atoms with Crippen molar-refractivity contribution in [2.45, 2.75) is 44.4 Å². The lowest BCUT2D eigenvalue weighted by molar-refractivity contribution is -0.192. The first kappa shape index (κ1) is 33.4. The SMILES string of the molecule is CC([C@H](C)O)n1ncn(-c2ccc(N3CCN(c4ccccc4OC[C@H]4CO[C@@](Cn5cncn5)(c5ccc(F)cc5F)O4)CC3)cc2)c1=O. The highest BCUT2D eigenvalue weighted by Gasteiger charge is 2.46. The van der Waals surface area contributed by atoms with Gasteiger partial charge in [0.05, 0.1) is 30.1 Å². The van der Waals surface area contributed by atoms with Gasteiger partial charge >= 0.3 is 5.69 Å². The van der Waals surface area contributed by atoms with E-state index in [0.717, 1.165) is 43.6 Å². The van der Waals surface area contributed by atoms with Crippen LogP contribution in [0.4, 0.5) is 20.2 Å². The molecule has 0 saturated carbocycles. The van der Waals surface area contributed by atoms with Crippen molar-refractivity contribution in [3.63, 3.8) is 0 Å². The predicted octanol–water partition coefficient (Wildman–Crippen LogP) is 3.52. The van der Waals surface area contributed by atoms with E-state index in [-0.39, 0.29) is 31.0 Å². The fourth-order valence-electron chi connectivity index (χ4n) is 6.31. The van der Waals surface area contributed by atoms with Crippen LogP contribution in [-0.2, 0) is 21.8 Å². The second-order valence-corrected chi connectivity index (χ2v) is 12.5. The molecule has 5 aromatic rings. The minimum Gasteiger partial charge on any atom is -0.489 e. The molecule has 15 heteroatoms. The third-order valence-electron chi connectivity index (χ3n) is 9.22. The number of benzene rings is 3. The van der Waals surface area contributed by atoms with Gasteiger partial charge in [-0.2, -0.15) is 10.2 Å². The first-order valence-electron chi connectivity index (χ1n) is 16.5. The molecule has 2 aliphatic rings. The molecular weight excluding hydrogens is 650 g/mol. The van der Waals surface area contributed by atoms with Crippen molar-refractivity contribution in [2.75, 3.05) is 49.2 Å². The molecule has 262 valence electrons. The van der Waals surface area contributed by atoms with Gasteiger partial charge in [0, 0.05) is 43.5 Å². The highest BCUT2D eigenvalue weighted by atomic mass is 19.1. The number of anilines is 2. The number of hydrogen-bond donors (Lipinski definition) is 1. The Morgan fingerprint density at radius 2 is 1.70 bits per heavy atom. The summed E-state index contributed by atoms with van der Waals surface area (Å²) in [6, 6.07) is 18.4. The molecule has 0 radical (unpaired) electrons. The second-order valence-electron chi connectivity index (χ2n) is 12.5. The van der Waals surface area contributed by atoms with E-state index >= 15 is 0 Å². The number of piperazine rings is 1. The molecule has 4 atom stereocenters. The zero-order valence-corrected chi connectivity index (χ0v) is 27.7. The smallest absolute Gasteiger partial charge is 0.350 e. The van der Waals surface area contributed by atoms with Gasteiger partial charge in [0.2, 0.25) is 5.79 Å². The summed E-state index contributed by atoms with van der Waals surface area (Å²) in [6.07, 6.45) is 3.07. The normalized spacial score (nSPS) is 20.6. The van der Waals surface area contributed by atoms with Crippen molar-refractivity contribution < 1.29 is 28.1 Å². The molecule has 1 unspecified atom stereocenters. The minimum absolute atomic E-state index is 0.0160. The second kappa shape index (κ2) is 14.0. The Morgan fingerprint density at radius 3 is 2.42 bits per heavy atom. The Labute approximate surface area is 286 Å². The van der Waals surface area contributed by atoms with Crippen LogP contribution in [0.1, 0.15) is 25.5 Å². The molecule has 2 aliphatic heterocycles. The molecule has 0 spiro atoms. The van der Waals surface area contributed by atoms with E-state index in [0.29, 0.717) is 11.4 Å². The number of aliphatic hydroxyl groups is 1. The number of halogens is 2. The fourth-order valence-corrected chi connectivity index (χ4v) is 6.31. The van der Waals surface area contributed by atoms with E-state index in [1.165, 1.54) is 45.0 Å². The molecule has 50 heavy (non-hydrogen) atoms. The standard InChI is InChI=1S/C35H38F2N8O5/c1-24(25(2)46)45-34(47)44(23-40-45)28-10-8-27(9-11-28)41-13-15-42(16-14-41)32-5-3-4-6-33(32)48-18-29-19-49-35(50-29,20-43-22-38-21-39-43)30-12-7-26(36)17-31(30)37/h3-12,17,21-25,29,46H,13-16,18-20H2,1-2H3/t24?,25-,29-,35+/m0/s1. The van der Waals surface area contributed by atoms with Gasteiger partial charge in [0.25, 0.3) is 0 Å². The van der Waals surface area contributed by atoms with E-state index in [4.69, 9.17) is 14.2 Å². The lowest BCUT2D eigenvalue weighted by atomic mass is 10.0. The van der Waals surface area contributed by atoms with Crippen LogP contribution in [0.15, 0.2) is 90.5 Å². The van der Waals surface area contributed by atoms with E-state index in [2.05, 4.69) is 25.0 Å². The van der Waals surface area contributed by atoms with Gasteiger partial charge in [-0.1, -0.05) is 12.1 Å². The Bertz CT molecular complexity index is 1960. The molecule has 3 aromatic carbocycles. The van der Waals surface area contributed by atoms with E-state index < -0.39 is 35.7 Å². The predicted molar refractivity (Wildman–Crippen MR) is 179 cm³/mol. The highest BCUT2D eigenvalue weighted by molar-refractivity contribution is 5.60. The first-order chi connectivity index (χ1) is 24.2. The van der Waals surface area contributed by atoms with E-state index in [1.807, 2.05) is 48.5 Å². The monoisotopic (exact) mass is 688 g/mol. The zero-order valence-electron chi connectivity index (χ0n) is 27.7. The van der Waals surface area contributed by atoms with Gasteiger partial charge in [0.1, 0.15) is 55.6 Å². The summed E-state index contributed by atoms with van der Waals surface area (Å²) < 4.78 is 51.7. The van der Waals surface area contributed by atoms with Crippen molar-refractivity contribution in [3.05, 3.63) is 113 Å². The lowest BCUT2D eigenvalue weighted by Crippen LogP contribution is -2.46. The van der Waals surface area contributed by atoms with Crippen LogP contribution in [0.5, 0.6) is 5.75 Å². The zero-order chi connectivity index (χ0) is 34.8. The van der Waals surface area contributed by atoms with Crippen molar-refractivity contribution in [3.8, 4) is 11.4 Å². The molecule has 13 nitrogen and oxygen atoms in total. The van der Waals surface area contributed by atoms with E-state index in [1.54, 1.807) is 13.8 Å². The van der Waals surface area contributed by atoms with E-state index in [9.17, 15) is 18.7 Å². The van der Waals surface area contributed by atoms with Crippen molar-refractivity contribution in [1.82, 2.24) is 29.1 Å². The highest BCUT2D eigenvalue weighted by Crippen LogP contribution is 2.38. The summed E-state index contributed by atoms with van der Waals surface area (Å²) in [5.74, 6) is -2.33. The third-order valence-corrected chi connectivity index (χ3v) is 9.22. The maximum absolute atomic E-state index is 15.0. The Balaban J connectivity index is 0.983. The van der Waals surface area contributed by atoms with Crippen molar-refractivity contribution in [1.29, 1.82) is 0 Å². The van der Waals surface area contributed by atoms with Crippen LogP contribution in [-0.4, -0.2) is 85.8 Å². The van der Waals surface area contributed by atoms with Crippen molar-refractivity contribution >= 4 is 11.4 Å². The summed E-state index contributed by atoms with van der Waals surface area (Å²) in [7, 11) is 0. The van der Waals surface area contributed by atoms with Crippen LogP contribution < -0.4 is 20.2 Å². The molecule has 2 fully saturated rings. The Morgan fingerprint density at radius 1 is 0.960 bits per heavy atom. The summed E-state index contributed by atoms with van der Waals surface area (Å²) in [4.78, 5) is 21.4. The Hall–Kier alpha value is -5.12. The minimum atomic E-state index is -1.54. The molecule has 0 amide bonds. The van der Waals surface area contributed by atoms with Crippen molar-refractivity contribution in [2.24, 2.45) is 0 Å². The Kier molecular flexibility index (Phi) is 9.35. The van der Waals surface area contributed by atoms with Crippen LogP contribution in [0.2, 0.25) is 0 Å². The molecule has 2 aromatic heterocycles. The van der Waals surface area contributed by atoms with Crippen LogP contribution in [0, 0.1) is 11.6 Å². The molecular formula is C35H38F2N8O5. The summed E-state index contributed by atoms with van der Waals surface area (Å²) >= 11 is 0. The van der Waals surface area contributed by atoms with Gasteiger partial charge in [-0.25, -0.2) is 32.5 Å². The molecule has 2 saturated heterocycles. The summed E-state index contributed by atoms with van der Waals surface area (Å²) in [6.45, 7) is 6.71. The molecule has 1 N–H and O–H groups in total. The molecule has 0 bridgehead atoms. The molecule has 0 aliphatic carbocycles. The van der Waals surface area contributed by atoms with Crippen LogP contribution in [0.25, 0.3) is 5.69 Å². The summed E-state index contributed by atoms with van der Waals surface area (Å²) in [5, 5.41) is 18.2.